The summed E-state index contributed by atoms with van der Waals surface area (Å²) in [5.41, 5.74) is 5.62. The third-order valence-electron chi connectivity index (χ3n) is 1.86. The zero-order valence-electron chi connectivity index (χ0n) is 8.20. The number of carboxylic acids is 1. The first-order chi connectivity index (χ1) is 7.02. The summed E-state index contributed by atoms with van der Waals surface area (Å²) in [7, 11) is 2.71. The molecule has 0 unspecified atom stereocenters. The molecule has 0 fully saturated rings. The predicted octanol–water partition coefficient (Wildman–Crippen LogP) is 1.64. The van der Waals surface area contributed by atoms with Gasteiger partial charge in [-0.25, -0.2) is 4.79 Å². The molecule has 0 spiro atoms. The second-order valence-corrected chi connectivity index (χ2v) is 3.10. The summed E-state index contributed by atoms with van der Waals surface area (Å²) in [5, 5.41) is 9.01. The second kappa shape index (κ2) is 4.27. The highest BCUT2D eigenvalue weighted by Gasteiger charge is 2.20. The largest absolute Gasteiger partial charge is 0.494 e. The highest BCUT2D eigenvalue weighted by atomic mass is 35.5. The van der Waals surface area contributed by atoms with E-state index in [9.17, 15) is 4.79 Å². The molecule has 0 aliphatic heterocycles. The third kappa shape index (κ3) is 1.92. The molecule has 1 aromatic rings. The lowest BCUT2D eigenvalue weighted by molar-refractivity contribution is 0.0693. The fourth-order valence-corrected chi connectivity index (χ4v) is 1.51. The molecule has 82 valence electrons. The monoisotopic (exact) mass is 231 g/mol. The molecule has 0 bridgehead atoms. The number of benzene rings is 1. The maximum absolute atomic E-state index is 10.8. The number of nitrogen functional groups attached to an aromatic ring is 1. The Hall–Kier alpha value is -1.62. The van der Waals surface area contributed by atoms with Crippen molar-refractivity contribution in [3.05, 3.63) is 16.7 Å². The summed E-state index contributed by atoms with van der Waals surface area (Å²) in [6.07, 6.45) is 0. The van der Waals surface area contributed by atoms with Crippen LogP contribution in [0.2, 0.25) is 5.02 Å². The molecular weight excluding hydrogens is 222 g/mol. The van der Waals surface area contributed by atoms with Gasteiger partial charge >= 0.3 is 5.97 Å². The van der Waals surface area contributed by atoms with Gasteiger partial charge < -0.3 is 20.3 Å². The molecule has 3 N–H and O–H groups in total. The van der Waals surface area contributed by atoms with Crippen molar-refractivity contribution >= 4 is 23.3 Å². The number of methoxy groups -OCH3 is 2. The molecule has 15 heavy (non-hydrogen) atoms. The van der Waals surface area contributed by atoms with Crippen LogP contribution in [0, 0.1) is 0 Å². The Bertz CT molecular complexity index is 406. The molecule has 1 aromatic carbocycles. The van der Waals surface area contributed by atoms with E-state index in [1.54, 1.807) is 0 Å². The average Bonchev–Trinajstić information content (AvgIpc) is 2.17. The van der Waals surface area contributed by atoms with Crippen LogP contribution in [0.3, 0.4) is 0 Å². The normalized spacial score (nSPS) is 9.80. The van der Waals surface area contributed by atoms with E-state index in [-0.39, 0.29) is 27.8 Å². The first kappa shape index (κ1) is 11.5. The van der Waals surface area contributed by atoms with Gasteiger partial charge in [0.25, 0.3) is 0 Å². The van der Waals surface area contributed by atoms with Crippen molar-refractivity contribution in [2.75, 3.05) is 20.0 Å². The fraction of sp³-hybridized carbons (Fsp3) is 0.222. The zero-order valence-corrected chi connectivity index (χ0v) is 8.96. The Balaban J connectivity index is 3.51. The minimum Gasteiger partial charge on any atom is -0.494 e. The fourth-order valence-electron chi connectivity index (χ4n) is 1.22. The molecule has 6 heteroatoms. The predicted molar refractivity (Wildman–Crippen MR) is 55.9 cm³/mol. The molecule has 0 saturated heterocycles. The van der Waals surface area contributed by atoms with Crippen LogP contribution in [0.4, 0.5) is 5.69 Å². The Kier molecular flexibility index (Phi) is 3.26. The minimum atomic E-state index is -1.16. The van der Waals surface area contributed by atoms with E-state index in [0.717, 1.165) is 0 Å². The number of nitrogens with two attached hydrogens (primary N) is 1. The quantitative estimate of drug-likeness (QED) is 0.773. The van der Waals surface area contributed by atoms with E-state index < -0.39 is 5.97 Å². The van der Waals surface area contributed by atoms with Crippen molar-refractivity contribution in [3.8, 4) is 11.5 Å². The molecule has 1 rings (SSSR count). The van der Waals surface area contributed by atoms with Gasteiger partial charge in [0.15, 0.2) is 11.5 Å². The first-order valence-corrected chi connectivity index (χ1v) is 4.34. The highest BCUT2D eigenvalue weighted by molar-refractivity contribution is 6.33. The van der Waals surface area contributed by atoms with Gasteiger partial charge in [0.05, 0.1) is 19.2 Å². The van der Waals surface area contributed by atoms with E-state index in [0.29, 0.717) is 0 Å². The van der Waals surface area contributed by atoms with Crippen LogP contribution in [0.25, 0.3) is 0 Å². The maximum Gasteiger partial charge on any atom is 0.339 e. The van der Waals surface area contributed by atoms with E-state index in [4.69, 9.17) is 31.9 Å². The minimum absolute atomic E-state index is 0.0451. The van der Waals surface area contributed by atoms with Gasteiger partial charge in [0.1, 0.15) is 11.3 Å². The van der Waals surface area contributed by atoms with Crippen LogP contribution in [0.5, 0.6) is 11.5 Å². The van der Waals surface area contributed by atoms with E-state index in [1.165, 1.54) is 20.3 Å². The number of rotatable bonds is 3. The van der Waals surface area contributed by atoms with Crippen LogP contribution < -0.4 is 15.2 Å². The average molecular weight is 232 g/mol. The van der Waals surface area contributed by atoms with Crippen molar-refractivity contribution in [3.63, 3.8) is 0 Å². The molecule has 5 nitrogen and oxygen atoms in total. The Morgan fingerprint density at radius 1 is 1.40 bits per heavy atom. The molecule has 0 aliphatic carbocycles. The third-order valence-corrected chi connectivity index (χ3v) is 2.14. The topological polar surface area (TPSA) is 81.8 Å². The molecular formula is C9H10ClNO4. The van der Waals surface area contributed by atoms with Gasteiger partial charge in [-0.1, -0.05) is 11.6 Å². The first-order valence-electron chi connectivity index (χ1n) is 3.96. The molecule has 0 aromatic heterocycles. The summed E-state index contributed by atoms with van der Waals surface area (Å²) in [6, 6.07) is 1.23. The van der Waals surface area contributed by atoms with Crippen LogP contribution in [-0.2, 0) is 0 Å². The number of hydrogen-bond acceptors (Lipinski definition) is 4. The number of anilines is 1. The van der Waals surface area contributed by atoms with Crippen molar-refractivity contribution in [2.45, 2.75) is 0 Å². The second-order valence-electron chi connectivity index (χ2n) is 2.69. The van der Waals surface area contributed by atoms with Crippen LogP contribution in [-0.4, -0.2) is 25.3 Å². The lowest BCUT2D eigenvalue weighted by Crippen LogP contribution is -2.05. The molecule has 0 heterocycles. The van der Waals surface area contributed by atoms with E-state index in [2.05, 4.69) is 0 Å². The summed E-state index contributed by atoms with van der Waals surface area (Å²) in [6.45, 7) is 0. The lowest BCUT2D eigenvalue weighted by Gasteiger charge is -2.13. The summed E-state index contributed by atoms with van der Waals surface area (Å²) in [4.78, 5) is 10.8. The summed E-state index contributed by atoms with van der Waals surface area (Å²) >= 11 is 5.78. The standard InChI is InChI=1S/C9H10ClNO4/c1-14-7-4(9(12)13)3-5(10)8(15-2)6(7)11/h3H,11H2,1-2H3,(H,12,13). The summed E-state index contributed by atoms with van der Waals surface area (Å²) < 4.78 is 9.81. The van der Waals surface area contributed by atoms with Gasteiger partial charge in [-0.05, 0) is 6.07 Å². The molecule has 0 atom stereocenters. The SMILES string of the molecule is COc1c(Cl)cc(C(=O)O)c(OC)c1N. The van der Waals surface area contributed by atoms with Crippen molar-refractivity contribution in [1.82, 2.24) is 0 Å². The zero-order chi connectivity index (χ0) is 11.6. The number of carboxylic acid groups (broad SMARTS) is 1. The van der Waals surface area contributed by atoms with Gasteiger partial charge in [-0.15, -0.1) is 0 Å². The maximum atomic E-state index is 10.8. The van der Waals surface area contributed by atoms with Crippen LogP contribution >= 0.6 is 11.6 Å². The molecule has 0 amide bonds. The van der Waals surface area contributed by atoms with Crippen LogP contribution in [0.15, 0.2) is 6.07 Å². The number of aromatic carboxylic acids is 1. The highest BCUT2D eigenvalue weighted by Crippen LogP contribution is 2.40. The van der Waals surface area contributed by atoms with E-state index >= 15 is 0 Å². The molecule has 0 saturated carbocycles. The number of carbonyl (C=O) groups is 1. The number of halogens is 1. The molecule has 0 aliphatic rings. The smallest absolute Gasteiger partial charge is 0.339 e. The van der Waals surface area contributed by atoms with E-state index in [1.807, 2.05) is 0 Å². The van der Waals surface area contributed by atoms with Gasteiger partial charge in [0, 0.05) is 0 Å². The Labute approximate surface area is 91.4 Å². The van der Waals surface area contributed by atoms with Crippen molar-refractivity contribution in [1.29, 1.82) is 0 Å². The van der Waals surface area contributed by atoms with Crippen molar-refractivity contribution < 1.29 is 19.4 Å². The Morgan fingerprint density at radius 3 is 2.33 bits per heavy atom. The molecule has 0 radical (unpaired) electrons. The Morgan fingerprint density at radius 2 is 1.93 bits per heavy atom. The van der Waals surface area contributed by atoms with Gasteiger partial charge in [-0.2, -0.15) is 0 Å². The van der Waals surface area contributed by atoms with Gasteiger partial charge in [0.2, 0.25) is 0 Å². The van der Waals surface area contributed by atoms with Crippen LogP contribution in [0.1, 0.15) is 10.4 Å². The lowest BCUT2D eigenvalue weighted by atomic mass is 10.1. The van der Waals surface area contributed by atoms with Crippen molar-refractivity contribution in [2.24, 2.45) is 0 Å². The number of ether oxygens (including phenoxy) is 2. The summed E-state index contributed by atoms with van der Waals surface area (Å²) in [5.74, 6) is -0.912. The van der Waals surface area contributed by atoms with Gasteiger partial charge in [-0.3, -0.25) is 0 Å². The number of hydrogen-bond donors (Lipinski definition) is 2.